The molecule has 27 heavy (non-hydrogen) atoms. The molecule has 2 heterocycles. The van der Waals surface area contributed by atoms with Crippen LogP contribution in [-0.4, -0.2) is 25.3 Å². The first-order valence-corrected chi connectivity index (χ1v) is 12.8. The van der Waals surface area contributed by atoms with Gasteiger partial charge in [-0.3, -0.25) is 13.9 Å². The van der Waals surface area contributed by atoms with Crippen molar-refractivity contribution in [1.82, 2.24) is 18.7 Å². The average molecular weight is 569 g/mol. The van der Waals surface area contributed by atoms with Crippen LogP contribution >= 0.6 is 44.4 Å². The fourth-order valence-electron chi connectivity index (χ4n) is 2.79. The highest BCUT2D eigenvalue weighted by Crippen LogP contribution is 2.21. The van der Waals surface area contributed by atoms with Crippen LogP contribution in [0.3, 0.4) is 0 Å². The molecule has 0 radical (unpaired) electrons. The first-order valence-electron chi connectivity index (χ1n) is 8.01. The third kappa shape index (κ3) is 4.33. The van der Waals surface area contributed by atoms with E-state index in [2.05, 4.69) is 43.0 Å². The number of nitrogens with zero attached hydrogens (tertiary/aromatic N) is 4. The number of fused-ring (bicyclic) bond motifs is 1. The van der Waals surface area contributed by atoms with Crippen molar-refractivity contribution in [3.8, 4) is 0 Å². The van der Waals surface area contributed by atoms with Crippen molar-refractivity contribution >= 4 is 55.6 Å². The van der Waals surface area contributed by atoms with E-state index >= 15 is 0 Å². The van der Waals surface area contributed by atoms with Crippen molar-refractivity contribution in [2.24, 2.45) is 7.05 Å². The molecule has 2 aromatic heterocycles. The molecule has 0 saturated heterocycles. The standard InChI is InChI=1S/C16H16BrFIN4O3P/c1-21-13-12(14(24)22(16(21)25)7-2-8-26-27-19)23(15(17)20-13)9-10-3-5-11(18)6-4-10/h3-6,27H,2,7-9H2,1H3. The first-order chi connectivity index (χ1) is 12.9. The summed E-state index contributed by atoms with van der Waals surface area (Å²) in [6.07, 6.45) is 0.559. The van der Waals surface area contributed by atoms with Gasteiger partial charge in [0, 0.05) is 13.6 Å². The van der Waals surface area contributed by atoms with Crippen LogP contribution in [0.15, 0.2) is 38.6 Å². The Morgan fingerprint density at radius 1 is 1.26 bits per heavy atom. The lowest BCUT2D eigenvalue weighted by Gasteiger charge is -2.10. The lowest BCUT2D eigenvalue weighted by molar-refractivity contribution is 0.344. The van der Waals surface area contributed by atoms with Gasteiger partial charge in [-0.1, -0.05) is 12.1 Å². The topological polar surface area (TPSA) is 71.1 Å². The Hall–Kier alpha value is -1.10. The number of aryl methyl sites for hydroxylation is 1. The number of hydrogen-bond acceptors (Lipinski definition) is 4. The molecule has 0 spiro atoms. The zero-order valence-electron chi connectivity index (χ0n) is 14.3. The van der Waals surface area contributed by atoms with Gasteiger partial charge in [-0.2, -0.15) is 0 Å². The summed E-state index contributed by atoms with van der Waals surface area (Å²) in [4.78, 5) is 29.9. The van der Waals surface area contributed by atoms with Crippen LogP contribution in [0.25, 0.3) is 11.2 Å². The van der Waals surface area contributed by atoms with Crippen LogP contribution in [-0.2, 0) is 24.7 Å². The molecule has 0 aliphatic rings. The minimum atomic E-state index is -0.414. The molecule has 7 nitrogen and oxygen atoms in total. The van der Waals surface area contributed by atoms with E-state index in [4.69, 9.17) is 4.52 Å². The van der Waals surface area contributed by atoms with E-state index in [-0.39, 0.29) is 12.4 Å². The number of halogens is 3. The Balaban J connectivity index is 2.08. The minimum absolute atomic E-state index is 0.266. The van der Waals surface area contributed by atoms with Crippen molar-refractivity contribution in [3.63, 3.8) is 0 Å². The molecule has 0 N–H and O–H groups in total. The second-order valence-electron chi connectivity index (χ2n) is 5.84. The Kier molecular flexibility index (Phi) is 6.83. The monoisotopic (exact) mass is 568 g/mol. The van der Waals surface area contributed by atoms with Gasteiger partial charge in [-0.25, -0.2) is 14.2 Å². The zero-order valence-corrected chi connectivity index (χ0v) is 19.0. The van der Waals surface area contributed by atoms with Crippen molar-refractivity contribution in [2.75, 3.05) is 6.61 Å². The molecule has 1 aromatic carbocycles. The van der Waals surface area contributed by atoms with E-state index in [0.29, 0.717) is 41.9 Å². The molecule has 3 rings (SSSR count). The van der Waals surface area contributed by atoms with Gasteiger partial charge < -0.3 is 9.09 Å². The smallest absolute Gasteiger partial charge is 0.332 e. The van der Waals surface area contributed by atoms with Crippen molar-refractivity contribution < 1.29 is 8.91 Å². The Morgan fingerprint density at radius 3 is 2.63 bits per heavy atom. The number of aromatic nitrogens is 4. The highest BCUT2D eigenvalue weighted by Gasteiger charge is 2.19. The molecule has 1 unspecified atom stereocenters. The summed E-state index contributed by atoms with van der Waals surface area (Å²) < 4.78 is 23.1. The van der Waals surface area contributed by atoms with Crippen LogP contribution in [0.4, 0.5) is 4.39 Å². The summed E-state index contributed by atoms with van der Waals surface area (Å²) in [7, 11) is 1.59. The van der Waals surface area contributed by atoms with Gasteiger partial charge in [0.05, 0.1) is 19.6 Å². The van der Waals surface area contributed by atoms with Gasteiger partial charge >= 0.3 is 5.69 Å². The third-order valence-electron chi connectivity index (χ3n) is 4.12. The van der Waals surface area contributed by atoms with Crippen LogP contribution in [0.1, 0.15) is 12.0 Å². The number of benzene rings is 1. The molecule has 0 amide bonds. The fraction of sp³-hybridized carbons (Fsp3) is 0.312. The van der Waals surface area contributed by atoms with Crippen LogP contribution < -0.4 is 11.2 Å². The lowest BCUT2D eigenvalue weighted by atomic mass is 10.2. The quantitative estimate of drug-likeness (QED) is 0.190. The van der Waals surface area contributed by atoms with E-state index in [1.54, 1.807) is 23.7 Å². The average Bonchev–Trinajstić information content (AvgIpc) is 2.98. The molecule has 3 aromatic rings. The third-order valence-corrected chi connectivity index (χ3v) is 5.98. The Labute approximate surface area is 177 Å². The molecule has 0 bridgehead atoms. The maximum absolute atomic E-state index is 13.2. The number of rotatable bonds is 7. The van der Waals surface area contributed by atoms with Crippen LogP contribution in [0.5, 0.6) is 0 Å². The van der Waals surface area contributed by atoms with Gasteiger partial charge in [-0.05, 0) is 62.1 Å². The van der Waals surface area contributed by atoms with Gasteiger partial charge in [0.1, 0.15) is 5.82 Å². The maximum Gasteiger partial charge on any atom is 0.332 e. The summed E-state index contributed by atoms with van der Waals surface area (Å²) in [5.74, 6) is -0.326. The van der Waals surface area contributed by atoms with E-state index in [1.807, 2.05) is 0 Å². The molecule has 0 aliphatic heterocycles. The summed E-state index contributed by atoms with van der Waals surface area (Å²) >= 11 is 5.49. The molecule has 1 atom stereocenters. The molecule has 0 saturated carbocycles. The van der Waals surface area contributed by atoms with Crippen LogP contribution in [0.2, 0.25) is 0 Å². The van der Waals surface area contributed by atoms with Gasteiger partial charge in [0.15, 0.2) is 15.9 Å². The maximum atomic E-state index is 13.2. The van der Waals surface area contributed by atoms with Crippen molar-refractivity contribution in [3.05, 3.63) is 61.2 Å². The molecule has 144 valence electrons. The van der Waals surface area contributed by atoms with E-state index in [9.17, 15) is 14.0 Å². The second kappa shape index (κ2) is 8.93. The molecular formula is C16H16BrFIN4O3P. The van der Waals surface area contributed by atoms with E-state index < -0.39 is 11.2 Å². The predicted octanol–water partition coefficient (Wildman–Crippen LogP) is 3.20. The Bertz CT molecular complexity index is 1080. The number of hydrogen-bond donors (Lipinski definition) is 0. The predicted molar refractivity (Wildman–Crippen MR) is 115 cm³/mol. The normalized spacial score (nSPS) is 11.9. The van der Waals surface area contributed by atoms with Gasteiger partial charge in [-0.15, -0.1) is 0 Å². The number of imidazole rings is 1. The second-order valence-corrected chi connectivity index (χ2v) is 8.32. The SMILES string of the molecule is Cn1c(=O)n(CCCOPI)c(=O)c2c1nc(Br)n2Cc1ccc(F)cc1. The summed E-state index contributed by atoms with van der Waals surface area (Å²) in [6.45, 7) is 1.41. The van der Waals surface area contributed by atoms with Gasteiger partial charge in [0.25, 0.3) is 5.56 Å². The fourth-order valence-corrected chi connectivity index (χ4v) is 4.15. The molecular weight excluding hydrogens is 553 g/mol. The largest absolute Gasteiger partial charge is 0.352 e. The highest BCUT2D eigenvalue weighted by atomic mass is 127. The van der Waals surface area contributed by atoms with Crippen molar-refractivity contribution in [1.29, 1.82) is 0 Å². The van der Waals surface area contributed by atoms with Crippen LogP contribution in [0, 0.1) is 5.82 Å². The summed E-state index contributed by atoms with van der Waals surface area (Å²) in [5.41, 5.74) is 0.631. The molecule has 0 fully saturated rings. The summed E-state index contributed by atoms with van der Waals surface area (Å²) in [6, 6.07) is 6.03. The van der Waals surface area contributed by atoms with Gasteiger partial charge in [0.2, 0.25) is 0 Å². The molecule has 11 heteroatoms. The highest BCUT2D eigenvalue weighted by molar-refractivity contribution is 14.2. The van der Waals surface area contributed by atoms with E-state index in [0.717, 1.165) is 5.56 Å². The minimum Gasteiger partial charge on any atom is -0.352 e. The van der Waals surface area contributed by atoms with Crippen molar-refractivity contribution in [2.45, 2.75) is 19.5 Å². The zero-order chi connectivity index (χ0) is 19.6. The lowest BCUT2D eigenvalue weighted by Crippen LogP contribution is -2.40. The van der Waals surface area contributed by atoms with E-state index in [1.165, 1.54) is 21.3 Å². The first kappa shape index (κ1) is 20.6. The molecule has 0 aliphatic carbocycles. The summed E-state index contributed by atoms with van der Waals surface area (Å²) in [5, 5.41) is 0. The Morgan fingerprint density at radius 2 is 1.96 bits per heavy atom.